The van der Waals surface area contributed by atoms with E-state index >= 15 is 0 Å². The van der Waals surface area contributed by atoms with Gasteiger partial charge in [-0.25, -0.2) is 0 Å². The molecule has 2 aromatic rings. The molecule has 3 N–H and O–H groups in total. The Morgan fingerprint density at radius 1 is 1.09 bits per heavy atom. The van der Waals surface area contributed by atoms with Gasteiger partial charge >= 0.3 is 0 Å². The van der Waals surface area contributed by atoms with Crippen LogP contribution in [0.4, 0.5) is 0 Å². The predicted molar refractivity (Wildman–Crippen MR) is 125 cm³/mol. The van der Waals surface area contributed by atoms with Gasteiger partial charge in [-0.15, -0.1) is 0 Å². The lowest BCUT2D eigenvalue weighted by Gasteiger charge is -2.25. The Labute approximate surface area is 189 Å². The normalized spacial score (nSPS) is 17.7. The SMILES string of the molecule is CNC(=O)C[C@H]1CC[C@@H](CNC(=O)c2ccccc2Cc2ccc(C)cc2)N1C.O=CO. The third kappa shape index (κ3) is 7.20. The van der Waals surface area contributed by atoms with E-state index in [4.69, 9.17) is 9.90 Å². The standard InChI is InChI=1S/C24H31N3O2.CH2O2/c1-17-8-10-18(11-9-17)14-19-6-4-5-7-22(19)24(29)26-16-21-13-12-20(27(21)3)15-23(28)25-2;2-1-3/h4-11,20-21H,12-16H2,1-3H3,(H,25,28)(H,26,29);1H,(H,2,3)/t20-,21+;/m1./s1. The highest BCUT2D eigenvalue weighted by Gasteiger charge is 2.31. The third-order valence-corrected chi connectivity index (χ3v) is 5.96. The Hall–Kier alpha value is -3.19. The van der Waals surface area contributed by atoms with E-state index in [-0.39, 0.29) is 30.4 Å². The van der Waals surface area contributed by atoms with Crippen molar-refractivity contribution in [2.45, 2.75) is 44.7 Å². The quantitative estimate of drug-likeness (QED) is 0.576. The van der Waals surface area contributed by atoms with Crippen molar-refractivity contribution in [2.75, 3.05) is 20.6 Å². The highest BCUT2D eigenvalue weighted by molar-refractivity contribution is 5.95. The smallest absolute Gasteiger partial charge is 0.290 e. The van der Waals surface area contributed by atoms with E-state index in [0.717, 1.165) is 30.4 Å². The summed E-state index contributed by atoms with van der Waals surface area (Å²) in [5, 5.41) is 12.7. The van der Waals surface area contributed by atoms with E-state index in [2.05, 4.69) is 46.7 Å². The number of hydrogen-bond donors (Lipinski definition) is 3. The maximum absolute atomic E-state index is 12.9. The molecule has 1 saturated heterocycles. The molecule has 0 saturated carbocycles. The summed E-state index contributed by atoms with van der Waals surface area (Å²) >= 11 is 0. The highest BCUT2D eigenvalue weighted by Crippen LogP contribution is 2.24. The minimum Gasteiger partial charge on any atom is -0.483 e. The second-order valence-corrected chi connectivity index (χ2v) is 8.06. The van der Waals surface area contributed by atoms with Crippen LogP contribution in [0.25, 0.3) is 0 Å². The van der Waals surface area contributed by atoms with Gasteiger partial charge in [0.1, 0.15) is 0 Å². The van der Waals surface area contributed by atoms with Crippen molar-refractivity contribution in [1.82, 2.24) is 15.5 Å². The average molecular weight is 440 g/mol. The van der Waals surface area contributed by atoms with Crippen LogP contribution in [0.2, 0.25) is 0 Å². The number of likely N-dealkylation sites (N-methyl/N-ethyl adjacent to an activating group) is 1. The average Bonchev–Trinajstić information content (AvgIpc) is 3.13. The highest BCUT2D eigenvalue weighted by atomic mass is 16.3. The predicted octanol–water partition coefficient (Wildman–Crippen LogP) is 2.62. The van der Waals surface area contributed by atoms with Crippen LogP contribution in [-0.4, -0.2) is 61.0 Å². The Balaban J connectivity index is 0.00000114. The summed E-state index contributed by atoms with van der Waals surface area (Å²) in [5.74, 6) is 0.0347. The number of nitrogens with one attached hydrogen (secondary N) is 2. The van der Waals surface area contributed by atoms with Gasteiger partial charge < -0.3 is 15.7 Å². The molecule has 1 aliphatic heterocycles. The second kappa shape index (κ2) is 12.6. The number of likely N-dealkylation sites (tertiary alicyclic amines) is 1. The summed E-state index contributed by atoms with van der Waals surface area (Å²) in [5.41, 5.74) is 4.19. The van der Waals surface area contributed by atoms with Crippen LogP contribution in [0, 0.1) is 6.92 Å². The molecule has 172 valence electrons. The summed E-state index contributed by atoms with van der Waals surface area (Å²) < 4.78 is 0. The molecular formula is C25H33N3O4. The number of nitrogens with zero attached hydrogens (tertiary/aromatic N) is 1. The summed E-state index contributed by atoms with van der Waals surface area (Å²) in [6.07, 6.45) is 3.22. The number of rotatable bonds is 7. The molecule has 0 radical (unpaired) electrons. The van der Waals surface area contributed by atoms with E-state index in [9.17, 15) is 9.59 Å². The number of benzene rings is 2. The summed E-state index contributed by atoms with van der Waals surface area (Å²) in [7, 11) is 3.71. The van der Waals surface area contributed by atoms with Gasteiger partial charge in [0.05, 0.1) is 0 Å². The first kappa shape index (κ1) is 25.1. The van der Waals surface area contributed by atoms with Gasteiger partial charge in [-0.05, 0) is 50.4 Å². The van der Waals surface area contributed by atoms with Crippen molar-refractivity contribution in [2.24, 2.45) is 0 Å². The largest absolute Gasteiger partial charge is 0.483 e. The van der Waals surface area contributed by atoms with Crippen molar-refractivity contribution in [1.29, 1.82) is 0 Å². The summed E-state index contributed by atoms with van der Waals surface area (Å²) in [6.45, 7) is 2.42. The maximum atomic E-state index is 12.9. The number of carbonyl (C=O) groups is 3. The zero-order valence-electron chi connectivity index (χ0n) is 19.0. The van der Waals surface area contributed by atoms with Gasteiger partial charge in [-0.1, -0.05) is 48.0 Å². The summed E-state index contributed by atoms with van der Waals surface area (Å²) in [4.78, 5) is 35.1. The molecule has 32 heavy (non-hydrogen) atoms. The molecule has 0 aromatic heterocycles. The van der Waals surface area contributed by atoms with Crippen LogP contribution in [0.15, 0.2) is 48.5 Å². The second-order valence-electron chi connectivity index (χ2n) is 8.06. The molecule has 1 fully saturated rings. The van der Waals surface area contributed by atoms with Gasteiger partial charge in [0.2, 0.25) is 5.91 Å². The molecule has 0 aliphatic carbocycles. The monoisotopic (exact) mass is 439 g/mol. The molecule has 1 aliphatic rings. The molecule has 2 atom stereocenters. The number of carboxylic acid groups (broad SMARTS) is 1. The van der Waals surface area contributed by atoms with Crippen molar-refractivity contribution >= 4 is 18.3 Å². The fourth-order valence-corrected chi connectivity index (χ4v) is 4.03. The number of aryl methyl sites for hydroxylation is 1. The topological polar surface area (TPSA) is 98.7 Å². The van der Waals surface area contributed by atoms with E-state index in [1.54, 1.807) is 7.05 Å². The van der Waals surface area contributed by atoms with Crippen LogP contribution in [0.5, 0.6) is 0 Å². The van der Waals surface area contributed by atoms with Crippen molar-refractivity contribution in [3.63, 3.8) is 0 Å². The molecule has 0 unspecified atom stereocenters. The van der Waals surface area contributed by atoms with Gasteiger partial charge in [-0.3, -0.25) is 19.3 Å². The van der Waals surface area contributed by atoms with E-state index in [1.807, 2.05) is 31.3 Å². The van der Waals surface area contributed by atoms with E-state index < -0.39 is 0 Å². The van der Waals surface area contributed by atoms with Crippen LogP contribution >= 0.6 is 0 Å². The fourth-order valence-electron chi connectivity index (χ4n) is 4.03. The van der Waals surface area contributed by atoms with Gasteiger partial charge in [0, 0.05) is 37.7 Å². The van der Waals surface area contributed by atoms with Crippen LogP contribution < -0.4 is 10.6 Å². The lowest BCUT2D eigenvalue weighted by Crippen LogP contribution is -2.42. The molecule has 0 spiro atoms. The first-order chi connectivity index (χ1) is 15.4. The molecule has 3 rings (SSSR count). The molecular weight excluding hydrogens is 406 g/mol. The molecule has 7 nitrogen and oxygen atoms in total. The molecule has 7 heteroatoms. The third-order valence-electron chi connectivity index (χ3n) is 5.96. The lowest BCUT2D eigenvalue weighted by atomic mass is 9.98. The van der Waals surface area contributed by atoms with Crippen LogP contribution in [0.3, 0.4) is 0 Å². The Bertz CT molecular complexity index is 898. The Kier molecular flexibility index (Phi) is 9.88. The molecule has 2 amide bonds. The van der Waals surface area contributed by atoms with E-state index in [0.29, 0.717) is 13.0 Å². The zero-order valence-corrected chi connectivity index (χ0v) is 19.0. The first-order valence-electron chi connectivity index (χ1n) is 10.8. The van der Waals surface area contributed by atoms with Gasteiger partial charge in [0.25, 0.3) is 12.4 Å². The van der Waals surface area contributed by atoms with Crippen molar-refractivity contribution < 1.29 is 19.5 Å². The first-order valence-corrected chi connectivity index (χ1v) is 10.8. The fraction of sp³-hybridized carbons (Fsp3) is 0.400. The lowest BCUT2D eigenvalue weighted by molar-refractivity contribution is -0.123. The Morgan fingerprint density at radius 2 is 1.72 bits per heavy atom. The molecule has 0 bridgehead atoms. The maximum Gasteiger partial charge on any atom is 0.290 e. The van der Waals surface area contributed by atoms with Crippen LogP contribution in [0.1, 0.15) is 46.3 Å². The van der Waals surface area contributed by atoms with Crippen LogP contribution in [-0.2, 0) is 16.0 Å². The molecule has 1 heterocycles. The Morgan fingerprint density at radius 3 is 2.38 bits per heavy atom. The van der Waals surface area contributed by atoms with Gasteiger partial charge in [-0.2, -0.15) is 0 Å². The van der Waals surface area contributed by atoms with E-state index in [1.165, 1.54) is 11.1 Å². The number of amides is 2. The van der Waals surface area contributed by atoms with Crippen molar-refractivity contribution in [3.05, 3.63) is 70.8 Å². The van der Waals surface area contributed by atoms with Gasteiger partial charge in [0.15, 0.2) is 0 Å². The minimum absolute atomic E-state index is 0.0316. The zero-order chi connectivity index (χ0) is 23.5. The number of carbonyl (C=O) groups excluding carboxylic acids is 2. The number of hydrogen-bond acceptors (Lipinski definition) is 4. The summed E-state index contributed by atoms with van der Waals surface area (Å²) in [6, 6.07) is 16.7. The van der Waals surface area contributed by atoms with Crippen molar-refractivity contribution in [3.8, 4) is 0 Å². The minimum atomic E-state index is -0.250. The molecule has 2 aromatic carbocycles.